The summed E-state index contributed by atoms with van der Waals surface area (Å²) in [5, 5.41) is 10.9. The molecule has 1 N–H and O–H groups in total. The van der Waals surface area contributed by atoms with Gasteiger partial charge in [0.05, 0.1) is 17.4 Å². The van der Waals surface area contributed by atoms with Gasteiger partial charge in [-0.2, -0.15) is 5.26 Å². The van der Waals surface area contributed by atoms with Crippen molar-refractivity contribution in [2.45, 2.75) is 5.75 Å². The molecular weight excluding hydrogens is 370 g/mol. The first-order valence-corrected chi connectivity index (χ1v) is 10.0. The number of nitriles is 1. The first kappa shape index (κ1) is 17.8. The number of thiazole rings is 1. The number of nitrogens with one attached hydrogen (secondary N) is 1. The second-order valence-corrected chi connectivity index (χ2v) is 7.98. The Morgan fingerprint density at radius 1 is 1.12 bits per heavy atom. The number of hydrogen-bond acceptors (Lipinski definition) is 6. The van der Waals surface area contributed by atoms with Crippen molar-refractivity contribution in [1.82, 2.24) is 9.71 Å². The average Bonchev–Trinajstić information content (AvgIpc) is 3.13. The predicted octanol–water partition coefficient (Wildman–Crippen LogP) is 2.94. The van der Waals surface area contributed by atoms with E-state index in [1.54, 1.807) is 12.1 Å². The molecule has 26 heavy (non-hydrogen) atoms. The third-order valence-electron chi connectivity index (χ3n) is 3.45. The Morgan fingerprint density at radius 2 is 1.81 bits per heavy atom. The summed E-state index contributed by atoms with van der Waals surface area (Å²) in [6.07, 6.45) is 0. The lowest BCUT2D eigenvalue weighted by Gasteiger charge is -2.05. The van der Waals surface area contributed by atoms with Crippen molar-refractivity contribution in [3.63, 3.8) is 0 Å². The number of carbonyl (C=O) groups excluding carboxylic acids is 1. The molecule has 0 atom stereocenters. The average molecular weight is 383 g/mol. The quantitative estimate of drug-likeness (QED) is 0.730. The van der Waals surface area contributed by atoms with E-state index in [2.05, 4.69) is 4.98 Å². The van der Waals surface area contributed by atoms with Gasteiger partial charge in [-0.1, -0.05) is 42.5 Å². The third kappa shape index (κ3) is 4.33. The molecule has 130 valence electrons. The molecule has 8 heteroatoms. The zero-order valence-corrected chi connectivity index (χ0v) is 15.0. The van der Waals surface area contributed by atoms with Crippen LogP contribution in [0.15, 0.2) is 60.0 Å². The predicted molar refractivity (Wildman–Crippen MR) is 98.8 cm³/mol. The van der Waals surface area contributed by atoms with Gasteiger partial charge in [-0.05, 0) is 17.7 Å². The standard InChI is InChI=1S/C18H13N3O3S2/c19-10-13-6-8-14(9-7-13)12-26(23,24)21-17(22)16-11-25-18(20-16)15-4-2-1-3-5-15/h1-9,11H,12H2,(H,21,22). The topological polar surface area (TPSA) is 99.9 Å². The summed E-state index contributed by atoms with van der Waals surface area (Å²) in [4.78, 5) is 16.4. The Morgan fingerprint density at radius 3 is 2.46 bits per heavy atom. The van der Waals surface area contributed by atoms with Gasteiger partial charge >= 0.3 is 0 Å². The second-order valence-electron chi connectivity index (χ2n) is 5.40. The monoisotopic (exact) mass is 383 g/mol. The van der Waals surface area contributed by atoms with E-state index in [1.807, 2.05) is 41.1 Å². The van der Waals surface area contributed by atoms with Crippen molar-refractivity contribution in [1.29, 1.82) is 5.26 Å². The van der Waals surface area contributed by atoms with Gasteiger partial charge in [-0.15, -0.1) is 11.3 Å². The van der Waals surface area contributed by atoms with Gasteiger partial charge in [0.1, 0.15) is 10.7 Å². The zero-order chi connectivity index (χ0) is 18.6. The van der Waals surface area contributed by atoms with Gasteiger partial charge in [-0.3, -0.25) is 4.79 Å². The third-order valence-corrected chi connectivity index (χ3v) is 5.55. The summed E-state index contributed by atoms with van der Waals surface area (Å²) in [6.45, 7) is 0. The van der Waals surface area contributed by atoms with E-state index in [0.717, 1.165) is 5.56 Å². The number of amides is 1. The summed E-state index contributed by atoms with van der Waals surface area (Å²) >= 11 is 1.27. The normalized spacial score (nSPS) is 10.9. The van der Waals surface area contributed by atoms with Crippen LogP contribution >= 0.6 is 11.3 Å². The molecule has 1 heterocycles. The molecule has 2 aromatic carbocycles. The number of rotatable bonds is 5. The van der Waals surface area contributed by atoms with E-state index < -0.39 is 15.9 Å². The largest absolute Gasteiger partial charge is 0.284 e. The fourth-order valence-corrected chi connectivity index (χ4v) is 4.11. The van der Waals surface area contributed by atoms with E-state index in [-0.39, 0.29) is 11.4 Å². The van der Waals surface area contributed by atoms with Crippen molar-refractivity contribution in [3.8, 4) is 16.6 Å². The molecule has 0 aliphatic heterocycles. The van der Waals surface area contributed by atoms with Crippen LogP contribution in [0.1, 0.15) is 21.6 Å². The molecule has 0 fully saturated rings. The summed E-state index contributed by atoms with van der Waals surface area (Å²) < 4.78 is 26.4. The molecule has 0 aliphatic carbocycles. The SMILES string of the molecule is N#Cc1ccc(CS(=O)(=O)NC(=O)c2csc(-c3ccccc3)n2)cc1. The van der Waals surface area contributed by atoms with Crippen molar-refractivity contribution >= 4 is 27.3 Å². The highest BCUT2D eigenvalue weighted by molar-refractivity contribution is 7.89. The molecule has 0 radical (unpaired) electrons. The van der Waals surface area contributed by atoms with Crippen LogP contribution in [0.5, 0.6) is 0 Å². The zero-order valence-electron chi connectivity index (χ0n) is 13.4. The highest BCUT2D eigenvalue weighted by Gasteiger charge is 2.19. The Balaban J connectivity index is 1.70. The molecule has 0 aliphatic rings. The smallest absolute Gasteiger partial charge is 0.266 e. The first-order chi connectivity index (χ1) is 12.5. The molecule has 0 spiro atoms. The number of hydrogen-bond donors (Lipinski definition) is 1. The second kappa shape index (κ2) is 7.47. The highest BCUT2D eigenvalue weighted by atomic mass is 32.2. The maximum absolute atomic E-state index is 12.2. The molecule has 1 amide bonds. The minimum absolute atomic E-state index is 0.0530. The maximum atomic E-state index is 12.2. The van der Waals surface area contributed by atoms with Crippen LogP contribution in [0.3, 0.4) is 0 Å². The lowest BCUT2D eigenvalue weighted by Crippen LogP contribution is -2.31. The van der Waals surface area contributed by atoms with E-state index in [1.165, 1.54) is 28.8 Å². The van der Waals surface area contributed by atoms with Gasteiger partial charge in [0.2, 0.25) is 10.0 Å². The number of sulfonamides is 1. The maximum Gasteiger partial charge on any atom is 0.284 e. The van der Waals surface area contributed by atoms with Gasteiger partial charge in [0.25, 0.3) is 5.91 Å². The minimum atomic E-state index is -3.87. The van der Waals surface area contributed by atoms with Gasteiger partial charge < -0.3 is 0 Å². The molecule has 3 aromatic rings. The highest BCUT2D eigenvalue weighted by Crippen LogP contribution is 2.23. The Kier molecular flexibility index (Phi) is 5.11. The van der Waals surface area contributed by atoms with Crippen LogP contribution in [0.25, 0.3) is 10.6 Å². The summed E-state index contributed by atoms with van der Waals surface area (Å²) in [5.41, 5.74) is 1.83. The fourth-order valence-electron chi connectivity index (χ4n) is 2.22. The van der Waals surface area contributed by atoms with Crippen LogP contribution in [0.2, 0.25) is 0 Å². The van der Waals surface area contributed by atoms with E-state index in [9.17, 15) is 13.2 Å². The van der Waals surface area contributed by atoms with Gasteiger partial charge in [0, 0.05) is 10.9 Å². The van der Waals surface area contributed by atoms with Gasteiger partial charge in [0.15, 0.2) is 0 Å². The van der Waals surface area contributed by atoms with Gasteiger partial charge in [-0.25, -0.2) is 18.1 Å². The summed E-state index contributed by atoms with van der Waals surface area (Å²) in [7, 11) is -3.87. The number of carbonyl (C=O) groups is 1. The molecule has 3 rings (SSSR count). The van der Waals surface area contributed by atoms with Crippen molar-refractivity contribution in [2.24, 2.45) is 0 Å². The van der Waals surface area contributed by atoms with Crippen LogP contribution in [0.4, 0.5) is 0 Å². The van der Waals surface area contributed by atoms with Crippen LogP contribution < -0.4 is 4.72 Å². The van der Waals surface area contributed by atoms with Crippen molar-refractivity contribution in [3.05, 3.63) is 76.8 Å². The molecule has 0 saturated carbocycles. The number of nitrogens with zero attached hydrogens (tertiary/aromatic N) is 2. The Labute approximate surface area is 154 Å². The lowest BCUT2D eigenvalue weighted by molar-refractivity contribution is 0.0977. The molecule has 0 bridgehead atoms. The Hall–Kier alpha value is -3.02. The van der Waals surface area contributed by atoms with Crippen LogP contribution in [0, 0.1) is 11.3 Å². The van der Waals surface area contributed by atoms with Crippen LogP contribution in [-0.4, -0.2) is 19.3 Å². The van der Waals surface area contributed by atoms with E-state index in [4.69, 9.17) is 5.26 Å². The molecule has 1 aromatic heterocycles. The van der Waals surface area contributed by atoms with Crippen LogP contribution in [-0.2, 0) is 15.8 Å². The minimum Gasteiger partial charge on any atom is -0.266 e. The van der Waals surface area contributed by atoms with Crippen molar-refractivity contribution in [2.75, 3.05) is 0 Å². The lowest BCUT2D eigenvalue weighted by atomic mass is 10.2. The number of benzene rings is 2. The Bertz CT molecular complexity index is 1070. The first-order valence-electron chi connectivity index (χ1n) is 7.52. The molecular formula is C18H13N3O3S2. The number of aromatic nitrogens is 1. The van der Waals surface area contributed by atoms with E-state index in [0.29, 0.717) is 16.1 Å². The summed E-state index contributed by atoms with van der Waals surface area (Å²) in [5.74, 6) is -1.13. The summed E-state index contributed by atoms with van der Waals surface area (Å²) in [6, 6.07) is 17.4. The molecule has 6 nitrogen and oxygen atoms in total. The molecule has 0 saturated heterocycles. The van der Waals surface area contributed by atoms with Crippen molar-refractivity contribution < 1.29 is 13.2 Å². The molecule has 0 unspecified atom stereocenters. The van der Waals surface area contributed by atoms with E-state index >= 15 is 0 Å². The fraction of sp³-hybridized carbons (Fsp3) is 0.0556.